The second-order valence-electron chi connectivity index (χ2n) is 9.80. The Morgan fingerprint density at radius 3 is 2.33 bits per heavy atom. The minimum absolute atomic E-state index is 0.174. The molecule has 1 aliphatic rings. The fraction of sp³-hybridized carbons (Fsp3) is 0.161. The van der Waals surface area contributed by atoms with E-state index in [4.69, 9.17) is 4.42 Å². The first kappa shape index (κ1) is 24.5. The van der Waals surface area contributed by atoms with E-state index in [1.54, 1.807) is 31.6 Å². The highest BCUT2D eigenvalue weighted by atomic mass is 19.1. The lowest BCUT2D eigenvalue weighted by Gasteiger charge is -2.18. The van der Waals surface area contributed by atoms with Gasteiger partial charge in [0.1, 0.15) is 23.5 Å². The first-order chi connectivity index (χ1) is 18.9. The van der Waals surface area contributed by atoms with Crippen molar-refractivity contribution < 1.29 is 18.4 Å². The maximum absolute atomic E-state index is 13.5. The Hall–Kier alpha value is -4.85. The zero-order chi connectivity index (χ0) is 27.1. The summed E-state index contributed by atoms with van der Waals surface area (Å²) >= 11 is 0. The molecule has 3 aromatic carbocycles. The molecule has 2 aromatic heterocycles. The Bertz CT molecular complexity index is 1720. The molecule has 0 atom stereocenters. The fourth-order valence-electron chi connectivity index (χ4n) is 4.94. The van der Waals surface area contributed by atoms with E-state index >= 15 is 0 Å². The molecular formula is C31H25FN4O3. The van der Waals surface area contributed by atoms with Crippen LogP contribution in [0.3, 0.4) is 0 Å². The Balaban J connectivity index is 1.39. The van der Waals surface area contributed by atoms with E-state index in [0.717, 1.165) is 35.1 Å². The van der Waals surface area contributed by atoms with Gasteiger partial charge in [0, 0.05) is 41.5 Å². The molecule has 2 amide bonds. The van der Waals surface area contributed by atoms with Crippen molar-refractivity contribution in [2.24, 2.45) is 0 Å². The number of halogens is 1. The molecule has 0 bridgehead atoms. The molecule has 1 saturated carbocycles. The van der Waals surface area contributed by atoms with Crippen LogP contribution in [0.15, 0.2) is 83.8 Å². The molecule has 7 nitrogen and oxygen atoms in total. The molecule has 0 radical (unpaired) electrons. The molecule has 2 N–H and O–H groups in total. The number of amides is 2. The fourth-order valence-corrected chi connectivity index (χ4v) is 4.94. The van der Waals surface area contributed by atoms with E-state index in [-0.39, 0.29) is 17.6 Å². The second-order valence-corrected chi connectivity index (χ2v) is 9.80. The third-order valence-electron chi connectivity index (χ3n) is 7.28. The average Bonchev–Trinajstić information content (AvgIpc) is 3.65. The summed E-state index contributed by atoms with van der Waals surface area (Å²) in [5.41, 5.74) is 5.18. The highest BCUT2D eigenvalue weighted by molar-refractivity contribution is 6.12. The summed E-state index contributed by atoms with van der Waals surface area (Å²) < 4.78 is 19.6. The van der Waals surface area contributed by atoms with E-state index in [2.05, 4.69) is 20.6 Å². The molecule has 2 heterocycles. The number of aryl methyl sites for hydroxylation is 1. The molecule has 1 aliphatic carbocycles. The van der Waals surface area contributed by atoms with Gasteiger partial charge in [0.15, 0.2) is 0 Å². The van der Waals surface area contributed by atoms with Gasteiger partial charge in [-0.2, -0.15) is 0 Å². The third-order valence-corrected chi connectivity index (χ3v) is 7.28. The van der Waals surface area contributed by atoms with Crippen molar-refractivity contribution >= 4 is 22.8 Å². The van der Waals surface area contributed by atoms with Gasteiger partial charge in [-0.3, -0.25) is 9.59 Å². The summed E-state index contributed by atoms with van der Waals surface area (Å²) in [6, 6.07) is 17.0. The number of nitrogens with zero attached hydrogens (tertiary/aromatic N) is 2. The minimum Gasteiger partial charge on any atom is -0.455 e. The first-order valence-corrected chi connectivity index (χ1v) is 12.6. The monoisotopic (exact) mass is 520 g/mol. The van der Waals surface area contributed by atoms with E-state index in [1.807, 2.05) is 43.3 Å². The van der Waals surface area contributed by atoms with Gasteiger partial charge in [-0.25, -0.2) is 14.4 Å². The maximum Gasteiger partial charge on any atom is 0.255 e. The lowest BCUT2D eigenvalue weighted by Crippen LogP contribution is -2.35. The number of carbonyl (C=O) groups is 2. The summed E-state index contributed by atoms with van der Waals surface area (Å²) in [6.45, 7) is 1.98. The minimum atomic E-state index is -0.432. The van der Waals surface area contributed by atoms with Crippen LogP contribution >= 0.6 is 0 Å². The van der Waals surface area contributed by atoms with E-state index in [0.29, 0.717) is 33.4 Å². The molecule has 6 rings (SSSR count). The van der Waals surface area contributed by atoms with Crippen LogP contribution in [-0.2, 0) is 5.54 Å². The van der Waals surface area contributed by atoms with Crippen LogP contribution < -0.4 is 10.6 Å². The van der Waals surface area contributed by atoms with Gasteiger partial charge >= 0.3 is 0 Å². The van der Waals surface area contributed by atoms with Crippen molar-refractivity contribution in [3.63, 3.8) is 0 Å². The van der Waals surface area contributed by atoms with Crippen LogP contribution in [0.25, 0.3) is 33.4 Å². The predicted octanol–water partition coefficient (Wildman–Crippen LogP) is 5.78. The number of carbonyl (C=O) groups excluding carboxylic acids is 2. The number of hydrogen-bond acceptors (Lipinski definition) is 5. The standard InChI is InChI=1S/C31H25FN4O3/c1-18-3-4-21(29(37)36-31(11-12-31)22-15-34-17-35-16-22)14-24(18)20-7-10-26-25(13-20)27(30(38)33-2)28(39-26)19-5-8-23(32)9-6-19/h3-10,13-17H,11-12H2,1-2H3,(H,33,38)(H,36,37). The van der Waals surface area contributed by atoms with E-state index in [1.165, 1.54) is 18.5 Å². The maximum atomic E-state index is 13.5. The SMILES string of the molecule is CNC(=O)c1c(-c2ccc(F)cc2)oc2ccc(-c3cc(C(=O)NC4(c5cncnc5)CC4)ccc3C)cc12. The van der Waals surface area contributed by atoms with Gasteiger partial charge in [-0.05, 0) is 85.0 Å². The van der Waals surface area contributed by atoms with Gasteiger partial charge in [-0.15, -0.1) is 0 Å². The summed E-state index contributed by atoms with van der Waals surface area (Å²) in [6.07, 6.45) is 6.63. The highest BCUT2D eigenvalue weighted by Gasteiger charge is 2.46. The highest BCUT2D eigenvalue weighted by Crippen LogP contribution is 2.45. The zero-order valence-corrected chi connectivity index (χ0v) is 21.4. The predicted molar refractivity (Wildman–Crippen MR) is 146 cm³/mol. The molecule has 0 unspecified atom stereocenters. The van der Waals surface area contributed by atoms with Crippen LogP contribution in [0.1, 0.15) is 44.7 Å². The molecule has 1 fully saturated rings. The largest absolute Gasteiger partial charge is 0.455 e. The molecule has 5 aromatic rings. The van der Waals surface area contributed by atoms with Crippen LogP contribution in [0.4, 0.5) is 4.39 Å². The Labute approximate surface area is 224 Å². The van der Waals surface area contributed by atoms with Crippen molar-refractivity contribution in [3.05, 3.63) is 107 Å². The first-order valence-electron chi connectivity index (χ1n) is 12.6. The molecule has 8 heteroatoms. The molecular weight excluding hydrogens is 495 g/mol. The third kappa shape index (κ3) is 4.44. The van der Waals surface area contributed by atoms with Gasteiger partial charge < -0.3 is 15.1 Å². The van der Waals surface area contributed by atoms with Crippen molar-refractivity contribution in [3.8, 4) is 22.5 Å². The van der Waals surface area contributed by atoms with Gasteiger partial charge in [-0.1, -0.05) is 12.1 Å². The van der Waals surface area contributed by atoms with Crippen LogP contribution in [-0.4, -0.2) is 28.8 Å². The summed E-state index contributed by atoms with van der Waals surface area (Å²) in [5.74, 6) is -0.491. The van der Waals surface area contributed by atoms with Gasteiger partial charge in [0.2, 0.25) is 0 Å². The molecule has 0 aliphatic heterocycles. The molecule has 194 valence electrons. The van der Waals surface area contributed by atoms with Crippen molar-refractivity contribution in [1.82, 2.24) is 20.6 Å². The lowest BCUT2D eigenvalue weighted by molar-refractivity contribution is 0.0928. The number of nitrogens with one attached hydrogen (secondary N) is 2. The number of benzene rings is 3. The Kier molecular flexibility index (Phi) is 5.95. The molecule has 0 saturated heterocycles. The van der Waals surface area contributed by atoms with Crippen molar-refractivity contribution in [2.75, 3.05) is 7.05 Å². The number of furan rings is 1. The van der Waals surface area contributed by atoms with E-state index in [9.17, 15) is 14.0 Å². The number of fused-ring (bicyclic) bond motifs is 1. The van der Waals surface area contributed by atoms with E-state index < -0.39 is 5.54 Å². The van der Waals surface area contributed by atoms with Crippen LogP contribution in [0.5, 0.6) is 0 Å². The van der Waals surface area contributed by atoms with Crippen molar-refractivity contribution in [1.29, 1.82) is 0 Å². The quantitative estimate of drug-likeness (QED) is 0.296. The smallest absolute Gasteiger partial charge is 0.255 e. The number of hydrogen-bond donors (Lipinski definition) is 2. The molecule has 39 heavy (non-hydrogen) atoms. The average molecular weight is 521 g/mol. The number of aromatic nitrogens is 2. The Morgan fingerprint density at radius 1 is 0.923 bits per heavy atom. The van der Waals surface area contributed by atoms with Gasteiger partial charge in [0.05, 0.1) is 11.1 Å². The second kappa shape index (κ2) is 9.47. The lowest BCUT2D eigenvalue weighted by atomic mass is 9.95. The van der Waals surface area contributed by atoms with Crippen LogP contribution in [0, 0.1) is 12.7 Å². The number of rotatable bonds is 6. The summed E-state index contributed by atoms with van der Waals surface area (Å²) in [5, 5.41) is 6.48. The topological polar surface area (TPSA) is 97.1 Å². The zero-order valence-electron chi connectivity index (χ0n) is 21.4. The summed E-state index contributed by atoms with van der Waals surface area (Å²) in [7, 11) is 1.56. The summed E-state index contributed by atoms with van der Waals surface area (Å²) in [4.78, 5) is 34.5. The van der Waals surface area contributed by atoms with Crippen molar-refractivity contribution in [2.45, 2.75) is 25.3 Å². The van der Waals surface area contributed by atoms with Crippen LogP contribution in [0.2, 0.25) is 0 Å². The van der Waals surface area contributed by atoms with Gasteiger partial charge in [0.25, 0.3) is 11.8 Å². The molecule has 0 spiro atoms. The normalized spacial score (nSPS) is 13.7. The Morgan fingerprint density at radius 2 is 1.64 bits per heavy atom.